The summed E-state index contributed by atoms with van der Waals surface area (Å²) in [6.07, 6.45) is 0. The van der Waals surface area contributed by atoms with Crippen molar-refractivity contribution in [2.24, 2.45) is 0 Å². The SMILES string of the molecule is O=c1c2cc(-c3cccc4oc5ccccc5c34)ccc2oc2nc3cc(-c4cccc5oc6ccccc6c45)ccc3n12. The number of hydrogen-bond donors (Lipinski definition) is 0. The zero-order valence-corrected chi connectivity index (χ0v) is 23.1. The zero-order valence-electron chi connectivity index (χ0n) is 23.1. The Morgan fingerprint density at radius 2 is 1.07 bits per heavy atom. The van der Waals surface area contributed by atoms with E-state index in [-0.39, 0.29) is 11.4 Å². The molecule has 0 saturated carbocycles. The number of benzene rings is 6. The Balaban J connectivity index is 1.17. The number of hydrogen-bond acceptors (Lipinski definition) is 5. The predicted octanol–water partition coefficient (Wildman–Crippen LogP) is 9.73. The number of fused-ring (bicyclic) bond motifs is 10. The van der Waals surface area contributed by atoms with Gasteiger partial charge in [-0.1, -0.05) is 72.8 Å². The van der Waals surface area contributed by atoms with Crippen molar-refractivity contribution >= 4 is 71.7 Å². The van der Waals surface area contributed by atoms with Crippen LogP contribution in [0.25, 0.3) is 94.0 Å². The van der Waals surface area contributed by atoms with Crippen LogP contribution in [0.3, 0.4) is 0 Å². The molecule has 0 atom stereocenters. The second-order valence-electron chi connectivity index (χ2n) is 11.1. The van der Waals surface area contributed by atoms with Gasteiger partial charge < -0.3 is 13.3 Å². The van der Waals surface area contributed by atoms with E-state index in [4.69, 9.17) is 18.2 Å². The van der Waals surface area contributed by atoms with Crippen LogP contribution in [0.2, 0.25) is 0 Å². The van der Waals surface area contributed by atoms with Gasteiger partial charge in [0.15, 0.2) is 0 Å². The largest absolute Gasteiger partial charge is 0.456 e. The summed E-state index contributed by atoms with van der Waals surface area (Å²) in [6.45, 7) is 0. The number of imidazole rings is 1. The van der Waals surface area contributed by atoms with Crippen molar-refractivity contribution < 1.29 is 13.3 Å². The third kappa shape index (κ3) is 3.14. The monoisotopic (exact) mass is 568 g/mol. The molecule has 4 aromatic heterocycles. The summed E-state index contributed by atoms with van der Waals surface area (Å²) in [5.74, 6) is 0.261. The molecular weight excluding hydrogens is 548 g/mol. The fourth-order valence-corrected chi connectivity index (χ4v) is 6.69. The number of aromatic nitrogens is 2. The lowest BCUT2D eigenvalue weighted by Gasteiger charge is -2.06. The summed E-state index contributed by atoms with van der Waals surface area (Å²) < 4.78 is 20.0. The maximum atomic E-state index is 14.0. The molecule has 0 saturated heterocycles. The van der Waals surface area contributed by atoms with Crippen molar-refractivity contribution in [2.45, 2.75) is 0 Å². The lowest BCUT2D eigenvalue weighted by molar-refractivity contribution is 0.616. The minimum absolute atomic E-state index is 0.175. The molecule has 0 radical (unpaired) electrons. The molecule has 6 aromatic carbocycles. The first-order valence-corrected chi connectivity index (χ1v) is 14.4. The Kier molecular flexibility index (Phi) is 4.50. The average Bonchev–Trinajstić information content (AvgIpc) is 3.75. The molecule has 206 valence electrons. The van der Waals surface area contributed by atoms with Crippen molar-refractivity contribution in [2.75, 3.05) is 0 Å². The van der Waals surface area contributed by atoms with E-state index in [2.05, 4.69) is 24.3 Å². The Morgan fingerprint density at radius 3 is 1.75 bits per heavy atom. The maximum Gasteiger partial charge on any atom is 0.310 e. The maximum absolute atomic E-state index is 14.0. The fourth-order valence-electron chi connectivity index (χ4n) is 6.69. The number of nitrogens with zero attached hydrogens (tertiary/aromatic N) is 2. The Labute approximate surface area is 248 Å². The van der Waals surface area contributed by atoms with Crippen LogP contribution >= 0.6 is 0 Å². The molecular formula is C38H20N2O4. The van der Waals surface area contributed by atoms with Crippen LogP contribution in [-0.2, 0) is 0 Å². The van der Waals surface area contributed by atoms with Crippen molar-refractivity contribution in [3.05, 3.63) is 132 Å². The fraction of sp³-hybridized carbons (Fsp3) is 0. The third-order valence-corrected chi connectivity index (χ3v) is 8.67. The van der Waals surface area contributed by atoms with Gasteiger partial charge in [-0.05, 0) is 70.8 Å². The van der Waals surface area contributed by atoms with Gasteiger partial charge in [0.25, 0.3) is 5.56 Å². The Bertz CT molecular complexity index is 2870. The van der Waals surface area contributed by atoms with E-state index in [1.165, 1.54) is 0 Å². The first-order chi connectivity index (χ1) is 21.7. The van der Waals surface area contributed by atoms with Gasteiger partial charge in [-0.15, -0.1) is 0 Å². The molecule has 0 aliphatic rings. The molecule has 0 unspecified atom stereocenters. The quantitative estimate of drug-likeness (QED) is 0.208. The Hall–Kier alpha value is -6.14. The Morgan fingerprint density at radius 1 is 0.500 bits per heavy atom. The smallest absolute Gasteiger partial charge is 0.310 e. The van der Waals surface area contributed by atoms with Crippen LogP contribution in [-0.4, -0.2) is 9.38 Å². The lowest BCUT2D eigenvalue weighted by Crippen LogP contribution is -2.12. The summed E-state index contributed by atoms with van der Waals surface area (Å²) in [5, 5.41) is 4.66. The standard InChI is InChI=1S/C38H20N2O4/c41-37-27-19-21(23-9-5-13-33-35(23)25-7-1-3-11-30(25)42-33)16-18-32(27)44-38-39-28-20-22(15-17-29(28)40(37)38)24-10-6-14-34-36(24)26-8-2-4-12-31(26)43-34/h1-20H. The molecule has 6 heteroatoms. The van der Waals surface area contributed by atoms with Crippen LogP contribution in [0, 0.1) is 0 Å². The van der Waals surface area contributed by atoms with Gasteiger partial charge in [-0.2, -0.15) is 4.98 Å². The highest BCUT2D eigenvalue weighted by molar-refractivity contribution is 6.14. The van der Waals surface area contributed by atoms with Crippen molar-refractivity contribution in [1.82, 2.24) is 9.38 Å². The molecule has 0 N–H and O–H groups in total. The number of para-hydroxylation sites is 2. The lowest BCUT2D eigenvalue weighted by atomic mass is 9.98. The van der Waals surface area contributed by atoms with Crippen LogP contribution in [0.5, 0.6) is 0 Å². The first kappa shape index (κ1) is 23.4. The molecule has 10 aromatic rings. The highest BCUT2D eigenvalue weighted by atomic mass is 16.4. The van der Waals surface area contributed by atoms with Gasteiger partial charge in [0, 0.05) is 21.5 Å². The summed E-state index contributed by atoms with van der Waals surface area (Å²) in [4.78, 5) is 18.8. The van der Waals surface area contributed by atoms with Gasteiger partial charge in [0.05, 0.1) is 16.4 Å². The molecule has 0 aliphatic carbocycles. The summed E-state index contributed by atoms with van der Waals surface area (Å²) in [7, 11) is 0. The average molecular weight is 569 g/mol. The van der Waals surface area contributed by atoms with E-state index in [0.29, 0.717) is 22.0 Å². The van der Waals surface area contributed by atoms with Gasteiger partial charge in [0.2, 0.25) is 0 Å². The number of rotatable bonds is 2. The molecule has 0 aliphatic heterocycles. The van der Waals surface area contributed by atoms with Gasteiger partial charge in [-0.25, -0.2) is 4.40 Å². The van der Waals surface area contributed by atoms with Gasteiger partial charge in [-0.3, -0.25) is 4.79 Å². The number of furan rings is 2. The molecule has 44 heavy (non-hydrogen) atoms. The summed E-state index contributed by atoms with van der Waals surface area (Å²) in [6, 6.07) is 39.8. The van der Waals surface area contributed by atoms with E-state index >= 15 is 0 Å². The second-order valence-corrected chi connectivity index (χ2v) is 11.1. The second kappa shape index (κ2) is 8.46. The predicted molar refractivity (Wildman–Crippen MR) is 174 cm³/mol. The van der Waals surface area contributed by atoms with E-state index in [0.717, 1.165) is 66.1 Å². The molecule has 10 rings (SSSR count). The third-order valence-electron chi connectivity index (χ3n) is 8.67. The normalized spacial score (nSPS) is 12.2. The minimum atomic E-state index is -0.175. The highest BCUT2D eigenvalue weighted by Crippen LogP contribution is 2.39. The molecule has 0 amide bonds. The van der Waals surface area contributed by atoms with Crippen LogP contribution in [0.15, 0.2) is 139 Å². The molecule has 0 fully saturated rings. The minimum Gasteiger partial charge on any atom is -0.456 e. The van der Waals surface area contributed by atoms with Gasteiger partial charge >= 0.3 is 5.84 Å². The summed E-state index contributed by atoms with van der Waals surface area (Å²) in [5.41, 5.74) is 8.93. The van der Waals surface area contributed by atoms with Crippen molar-refractivity contribution in [1.29, 1.82) is 0 Å². The van der Waals surface area contributed by atoms with E-state index in [9.17, 15) is 4.79 Å². The van der Waals surface area contributed by atoms with Crippen LogP contribution < -0.4 is 5.56 Å². The highest BCUT2D eigenvalue weighted by Gasteiger charge is 2.18. The molecule has 6 nitrogen and oxygen atoms in total. The first-order valence-electron chi connectivity index (χ1n) is 14.4. The van der Waals surface area contributed by atoms with Crippen molar-refractivity contribution in [3.63, 3.8) is 0 Å². The molecule has 0 bridgehead atoms. The van der Waals surface area contributed by atoms with E-state index in [1.54, 1.807) is 4.40 Å². The zero-order chi connectivity index (χ0) is 28.9. The van der Waals surface area contributed by atoms with Crippen LogP contribution in [0.4, 0.5) is 0 Å². The van der Waals surface area contributed by atoms with Crippen LogP contribution in [0.1, 0.15) is 0 Å². The molecule has 0 spiro atoms. The summed E-state index contributed by atoms with van der Waals surface area (Å²) >= 11 is 0. The van der Waals surface area contributed by atoms with E-state index < -0.39 is 0 Å². The van der Waals surface area contributed by atoms with Gasteiger partial charge in [0.1, 0.15) is 27.9 Å². The van der Waals surface area contributed by atoms with Crippen molar-refractivity contribution in [3.8, 4) is 22.3 Å². The van der Waals surface area contributed by atoms with E-state index in [1.807, 2.05) is 97.1 Å². The molecule has 4 heterocycles. The topological polar surface area (TPSA) is 73.8 Å².